The summed E-state index contributed by atoms with van der Waals surface area (Å²) >= 11 is 0. The highest BCUT2D eigenvalue weighted by molar-refractivity contribution is 6.00. The Bertz CT molecular complexity index is 427. The van der Waals surface area contributed by atoms with Gasteiger partial charge in [-0.05, 0) is 31.5 Å². The van der Waals surface area contributed by atoms with Gasteiger partial charge in [0.25, 0.3) is 0 Å². The van der Waals surface area contributed by atoms with Gasteiger partial charge in [-0.3, -0.25) is 9.69 Å². The van der Waals surface area contributed by atoms with Gasteiger partial charge in [0.2, 0.25) is 0 Å². The number of Topliss-reactive ketones (excluding diaryl/α,β-unsaturated/α-hetero) is 1. The van der Waals surface area contributed by atoms with E-state index in [1.807, 2.05) is 31.2 Å². The van der Waals surface area contributed by atoms with Crippen molar-refractivity contribution in [3.63, 3.8) is 0 Å². The van der Waals surface area contributed by atoms with E-state index in [1.54, 1.807) is 0 Å². The van der Waals surface area contributed by atoms with Crippen LogP contribution in [-0.2, 0) is 0 Å². The van der Waals surface area contributed by atoms with Crippen molar-refractivity contribution < 1.29 is 9.53 Å². The number of ketones is 1. The first-order valence-electron chi connectivity index (χ1n) is 8.13. The first-order valence-corrected chi connectivity index (χ1v) is 8.13. The third-order valence-electron chi connectivity index (χ3n) is 3.97. The number of rotatable bonds is 10. The molecule has 0 unspecified atom stereocenters. The molecule has 1 rings (SSSR count). The van der Waals surface area contributed by atoms with Crippen LogP contribution in [0, 0.1) is 5.92 Å². The van der Waals surface area contributed by atoms with Crippen LogP contribution in [0.1, 0.15) is 50.9 Å². The van der Waals surface area contributed by atoms with Gasteiger partial charge < -0.3 is 4.74 Å². The molecule has 1 aromatic rings. The first kappa shape index (κ1) is 17.7. The summed E-state index contributed by atoms with van der Waals surface area (Å²) in [6.45, 7) is 11.4. The molecule has 3 heteroatoms. The molecule has 0 aromatic heterocycles. The van der Waals surface area contributed by atoms with Gasteiger partial charge in [-0.15, -0.1) is 0 Å². The van der Waals surface area contributed by atoms with Gasteiger partial charge in [0.15, 0.2) is 5.78 Å². The second-order valence-corrected chi connectivity index (χ2v) is 5.36. The molecule has 0 saturated heterocycles. The Balaban J connectivity index is 2.74. The lowest BCUT2D eigenvalue weighted by Crippen LogP contribution is -2.34. The van der Waals surface area contributed by atoms with Crippen LogP contribution in [0.5, 0.6) is 5.75 Å². The van der Waals surface area contributed by atoms with Crippen molar-refractivity contribution >= 4 is 5.78 Å². The Hall–Kier alpha value is -1.35. The smallest absolute Gasteiger partial charge is 0.180 e. The quantitative estimate of drug-likeness (QED) is 0.610. The van der Waals surface area contributed by atoms with Crippen molar-refractivity contribution in [1.82, 2.24) is 4.90 Å². The molecule has 3 nitrogen and oxygen atoms in total. The molecular weight excluding hydrogens is 262 g/mol. The lowest BCUT2D eigenvalue weighted by molar-refractivity contribution is 0.0917. The van der Waals surface area contributed by atoms with Crippen LogP contribution < -0.4 is 4.74 Å². The van der Waals surface area contributed by atoms with E-state index in [1.165, 1.54) is 0 Å². The molecule has 0 fully saturated rings. The number of hydrogen-bond donors (Lipinski definition) is 0. The zero-order valence-electron chi connectivity index (χ0n) is 13.9. The number of likely N-dealkylation sites (N-methyl/N-ethyl adjacent to an activating group) is 1. The molecule has 0 aliphatic carbocycles. The molecule has 118 valence electrons. The summed E-state index contributed by atoms with van der Waals surface area (Å²) in [7, 11) is 0. The fraction of sp³-hybridized carbons (Fsp3) is 0.611. The Morgan fingerprint density at radius 2 is 1.81 bits per heavy atom. The van der Waals surface area contributed by atoms with Crippen molar-refractivity contribution in [2.24, 2.45) is 5.92 Å². The van der Waals surface area contributed by atoms with Crippen LogP contribution in [0.15, 0.2) is 24.3 Å². The molecule has 0 radical (unpaired) electrons. The zero-order chi connectivity index (χ0) is 15.7. The average Bonchev–Trinajstić information content (AvgIpc) is 2.52. The Morgan fingerprint density at radius 3 is 2.38 bits per heavy atom. The van der Waals surface area contributed by atoms with Crippen LogP contribution in [0.3, 0.4) is 0 Å². The molecule has 0 amide bonds. The molecule has 0 heterocycles. The third kappa shape index (κ3) is 5.50. The monoisotopic (exact) mass is 291 g/mol. The van der Waals surface area contributed by atoms with Gasteiger partial charge >= 0.3 is 0 Å². The van der Waals surface area contributed by atoms with Gasteiger partial charge in [-0.25, -0.2) is 0 Å². The number of benzene rings is 1. The fourth-order valence-electron chi connectivity index (χ4n) is 2.48. The van der Waals surface area contributed by atoms with Gasteiger partial charge in [0.1, 0.15) is 5.75 Å². The van der Waals surface area contributed by atoms with Gasteiger partial charge in [-0.2, -0.15) is 0 Å². The van der Waals surface area contributed by atoms with Crippen molar-refractivity contribution in [2.45, 2.75) is 40.5 Å². The van der Waals surface area contributed by atoms with E-state index in [9.17, 15) is 4.79 Å². The highest BCUT2D eigenvalue weighted by Crippen LogP contribution is 2.19. The predicted molar refractivity (Wildman–Crippen MR) is 88.1 cm³/mol. The van der Waals surface area contributed by atoms with Gasteiger partial charge in [0.05, 0.1) is 18.7 Å². The Kier molecular flexibility index (Phi) is 8.06. The van der Waals surface area contributed by atoms with E-state index < -0.39 is 0 Å². The molecule has 0 aliphatic heterocycles. The van der Waals surface area contributed by atoms with Crippen molar-refractivity contribution in [2.75, 3.05) is 26.2 Å². The second kappa shape index (κ2) is 9.56. The summed E-state index contributed by atoms with van der Waals surface area (Å²) in [5.74, 6) is 1.51. The molecular formula is C18H29NO2. The molecule has 0 atom stereocenters. The molecule has 0 N–H and O–H groups in total. The van der Waals surface area contributed by atoms with Crippen molar-refractivity contribution in [3.8, 4) is 5.75 Å². The van der Waals surface area contributed by atoms with Crippen molar-refractivity contribution in [3.05, 3.63) is 29.8 Å². The van der Waals surface area contributed by atoms with E-state index in [0.29, 0.717) is 30.4 Å². The minimum Gasteiger partial charge on any atom is -0.493 e. The first-order chi connectivity index (χ1) is 10.2. The van der Waals surface area contributed by atoms with Crippen LogP contribution in [0.4, 0.5) is 0 Å². The summed E-state index contributed by atoms with van der Waals surface area (Å²) in [5.41, 5.74) is 0.697. The van der Waals surface area contributed by atoms with Crippen LogP contribution >= 0.6 is 0 Å². The highest BCUT2D eigenvalue weighted by Gasteiger charge is 2.17. The third-order valence-corrected chi connectivity index (χ3v) is 3.97. The Morgan fingerprint density at radius 1 is 1.14 bits per heavy atom. The molecule has 0 aliphatic rings. The number of para-hydroxylation sites is 1. The lowest BCUT2D eigenvalue weighted by Gasteiger charge is -2.24. The van der Waals surface area contributed by atoms with Crippen molar-refractivity contribution in [1.29, 1.82) is 0 Å². The summed E-state index contributed by atoms with van der Waals surface area (Å²) in [6.07, 6.45) is 2.33. The number of ether oxygens (including phenoxy) is 1. The number of nitrogens with zero attached hydrogens (tertiary/aromatic N) is 1. The van der Waals surface area contributed by atoms with Crippen LogP contribution in [-0.4, -0.2) is 36.9 Å². The SMILES string of the molecule is CCOc1ccccc1C(=O)CN(CC)CC(CC)CC. The van der Waals surface area contributed by atoms with E-state index >= 15 is 0 Å². The molecule has 0 saturated carbocycles. The van der Waals surface area contributed by atoms with E-state index in [4.69, 9.17) is 4.74 Å². The summed E-state index contributed by atoms with van der Waals surface area (Å²) < 4.78 is 5.56. The number of carbonyl (C=O) groups is 1. The van der Waals surface area contributed by atoms with Gasteiger partial charge in [-0.1, -0.05) is 45.7 Å². The Labute approximate surface area is 129 Å². The van der Waals surface area contributed by atoms with Gasteiger partial charge in [0, 0.05) is 6.54 Å². The standard InChI is InChI=1S/C18H29NO2/c1-5-15(6-2)13-19(7-3)14-17(20)16-11-9-10-12-18(16)21-8-4/h9-12,15H,5-8,13-14H2,1-4H3. The summed E-state index contributed by atoms with van der Waals surface area (Å²) in [6, 6.07) is 7.53. The highest BCUT2D eigenvalue weighted by atomic mass is 16.5. The maximum Gasteiger partial charge on any atom is 0.180 e. The zero-order valence-corrected chi connectivity index (χ0v) is 13.9. The minimum absolute atomic E-state index is 0.145. The maximum atomic E-state index is 12.5. The second-order valence-electron chi connectivity index (χ2n) is 5.36. The normalized spacial score (nSPS) is 11.1. The largest absolute Gasteiger partial charge is 0.493 e. The summed E-state index contributed by atoms with van der Waals surface area (Å²) in [5, 5.41) is 0. The number of carbonyl (C=O) groups excluding carboxylic acids is 1. The molecule has 0 spiro atoms. The molecule has 1 aromatic carbocycles. The molecule has 0 bridgehead atoms. The lowest BCUT2D eigenvalue weighted by atomic mass is 10.0. The van der Waals surface area contributed by atoms with E-state index in [-0.39, 0.29) is 5.78 Å². The fourth-order valence-corrected chi connectivity index (χ4v) is 2.48. The molecule has 21 heavy (non-hydrogen) atoms. The summed E-state index contributed by atoms with van der Waals surface area (Å²) in [4.78, 5) is 14.8. The average molecular weight is 291 g/mol. The topological polar surface area (TPSA) is 29.5 Å². The van der Waals surface area contributed by atoms with Crippen LogP contribution in [0.2, 0.25) is 0 Å². The van der Waals surface area contributed by atoms with E-state index in [0.717, 1.165) is 25.9 Å². The minimum atomic E-state index is 0.145. The van der Waals surface area contributed by atoms with E-state index in [2.05, 4.69) is 25.7 Å². The van der Waals surface area contributed by atoms with Crippen LogP contribution in [0.25, 0.3) is 0 Å². The maximum absolute atomic E-state index is 12.5. The predicted octanol–water partition coefficient (Wildman–Crippen LogP) is 4.03. The number of hydrogen-bond acceptors (Lipinski definition) is 3.